The number of rotatable bonds is 8. The maximum absolute atomic E-state index is 10.6. The van der Waals surface area contributed by atoms with Gasteiger partial charge in [-0.15, -0.1) is 0 Å². The van der Waals surface area contributed by atoms with Crippen molar-refractivity contribution in [1.82, 2.24) is 0 Å². The highest BCUT2D eigenvalue weighted by Crippen LogP contribution is 2.34. The lowest BCUT2D eigenvalue weighted by molar-refractivity contribution is -0.121. The predicted octanol–water partition coefficient (Wildman–Crippen LogP) is 4.06. The monoisotopic (exact) mass is 242 g/mol. The summed E-state index contributed by atoms with van der Waals surface area (Å²) in [5.41, 5.74) is -0.530. The van der Waals surface area contributed by atoms with Crippen LogP contribution in [0.4, 0.5) is 0 Å². The van der Waals surface area contributed by atoms with Crippen LogP contribution >= 0.6 is 0 Å². The van der Waals surface area contributed by atoms with E-state index in [1.165, 1.54) is 38.5 Å². The Morgan fingerprint density at radius 3 is 2.53 bits per heavy atom. The molecule has 0 aromatic carbocycles. The van der Waals surface area contributed by atoms with Crippen LogP contribution in [0.3, 0.4) is 0 Å². The molecular formula is C15H30O2. The van der Waals surface area contributed by atoms with Gasteiger partial charge in [-0.3, -0.25) is 0 Å². The van der Waals surface area contributed by atoms with E-state index in [0.29, 0.717) is 0 Å². The fourth-order valence-electron chi connectivity index (χ4n) is 3.03. The van der Waals surface area contributed by atoms with Gasteiger partial charge >= 0.3 is 0 Å². The van der Waals surface area contributed by atoms with Crippen LogP contribution in [0.25, 0.3) is 0 Å². The first-order valence-corrected chi connectivity index (χ1v) is 7.48. The molecule has 0 spiro atoms. The minimum absolute atomic E-state index is 0.0758. The van der Waals surface area contributed by atoms with E-state index in [0.717, 1.165) is 32.1 Å². The molecule has 0 saturated heterocycles. The maximum Gasteiger partial charge on any atom is 0.0908 e. The quantitative estimate of drug-likeness (QED) is 0.650. The molecule has 1 rings (SSSR count). The molecule has 0 aromatic rings. The standard InChI is InChI=1S/C15H30O2/c1-3-4-5-6-7-9-12-15(16)13-10-8-11-14(15)17-2/h14,16H,3-13H2,1-2H3. The molecule has 1 saturated carbocycles. The summed E-state index contributed by atoms with van der Waals surface area (Å²) in [5.74, 6) is 0. The maximum atomic E-state index is 10.6. The van der Waals surface area contributed by atoms with Crippen molar-refractivity contribution in [3.8, 4) is 0 Å². The Hall–Kier alpha value is -0.0800. The largest absolute Gasteiger partial charge is 0.387 e. The summed E-state index contributed by atoms with van der Waals surface area (Å²) < 4.78 is 5.45. The number of hydrogen-bond donors (Lipinski definition) is 1. The van der Waals surface area contributed by atoms with E-state index < -0.39 is 5.60 Å². The van der Waals surface area contributed by atoms with Crippen molar-refractivity contribution in [2.45, 2.75) is 89.3 Å². The van der Waals surface area contributed by atoms with Crippen LogP contribution in [0, 0.1) is 0 Å². The van der Waals surface area contributed by atoms with Gasteiger partial charge in [0.15, 0.2) is 0 Å². The average molecular weight is 242 g/mol. The van der Waals surface area contributed by atoms with E-state index in [-0.39, 0.29) is 6.10 Å². The van der Waals surface area contributed by atoms with Crippen molar-refractivity contribution in [3.63, 3.8) is 0 Å². The van der Waals surface area contributed by atoms with Gasteiger partial charge in [-0.05, 0) is 19.3 Å². The lowest BCUT2D eigenvalue weighted by Crippen LogP contribution is -2.45. The van der Waals surface area contributed by atoms with E-state index >= 15 is 0 Å². The zero-order valence-electron chi connectivity index (χ0n) is 11.7. The molecule has 2 atom stereocenters. The first-order valence-electron chi connectivity index (χ1n) is 7.48. The molecule has 2 nitrogen and oxygen atoms in total. The van der Waals surface area contributed by atoms with Gasteiger partial charge in [-0.1, -0.05) is 58.3 Å². The third kappa shape index (κ3) is 4.97. The number of methoxy groups -OCH3 is 1. The van der Waals surface area contributed by atoms with Gasteiger partial charge < -0.3 is 9.84 Å². The molecule has 1 aliphatic rings. The van der Waals surface area contributed by atoms with Crippen LogP contribution in [0.1, 0.15) is 77.6 Å². The van der Waals surface area contributed by atoms with Gasteiger partial charge in [-0.2, -0.15) is 0 Å². The first kappa shape index (κ1) is 15.0. The van der Waals surface area contributed by atoms with Crippen molar-refractivity contribution in [2.75, 3.05) is 7.11 Å². The number of unbranched alkanes of at least 4 members (excludes halogenated alkanes) is 5. The summed E-state index contributed by atoms with van der Waals surface area (Å²) in [4.78, 5) is 0. The van der Waals surface area contributed by atoms with E-state index in [2.05, 4.69) is 6.92 Å². The molecule has 1 aliphatic carbocycles. The van der Waals surface area contributed by atoms with Crippen molar-refractivity contribution in [2.24, 2.45) is 0 Å². The van der Waals surface area contributed by atoms with E-state index in [9.17, 15) is 5.11 Å². The molecular weight excluding hydrogens is 212 g/mol. The van der Waals surface area contributed by atoms with Crippen LogP contribution in [-0.2, 0) is 4.74 Å². The molecule has 0 radical (unpaired) electrons. The van der Waals surface area contributed by atoms with Crippen molar-refractivity contribution < 1.29 is 9.84 Å². The van der Waals surface area contributed by atoms with Crippen LogP contribution in [0.2, 0.25) is 0 Å². The summed E-state index contributed by atoms with van der Waals surface area (Å²) in [6.45, 7) is 2.24. The van der Waals surface area contributed by atoms with Crippen LogP contribution in [-0.4, -0.2) is 23.9 Å². The second-order valence-corrected chi connectivity index (χ2v) is 5.59. The Morgan fingerprint density at radius 2 is 1.82 bits per heavy atom. The van der Waals surface area contributed by atoms with Gasteiger partial charge in [0, 0.05) is 7.11 Å². The molecule has 0 amide bonds. The molecule has 2 unspecified atom stereocenters. The number of aliphatic hydroxyl groups is 1. The van der Waals surface area contributed by atoms with Crippen LogP contribution < -0.4 is 0 Å². The second kappa shape index (κ2) is 8.10. The van der Waals surface area contributed by atoms with Crippen molar-refractivity contribution >= 4 is 0 Å². The molecule has 1 N–H and O–H groups in total. The van der Waals surface area contributed by atoms with E-state index in [4.69, 9.17) is 4.74 Å². The Morgan fingerprint density at radius 1 is 1.12 bits per heavy atom. The van der Waals surface area contributed by atoms with Gasteiger partial charge in [0.25, 0.3) is 0 Å². The number of ether oxygens (including phenoxy) is 1. The molecule has 0 heterocycles. The van der Waals surface area contributed by atoms with Crippen molar-refractivity contribution in [3.05, 3.63) is 0 Å². The molecule has 0 aliphatic heterocycles. The summed E-state index contributed by atoms with van der Waals surface area (Å²) in [5, 5.41) is 10.6. The highest BCUT2D eigenvalue weighted by Gasteiger charge is 2.38. The minimum atomic E-state index is -0.530. The third-order valence-corrected chi connectivity index (χ3v) is 4.17. The highest BCUT2D eigenvalue weighted by molar-refractivity contribution is 4.90. The van der Waals surface area contributed by atoms with Gasteiger partial charge in [0.2, 0.25) is 0 Å². The first-order chi connectivity index (χ1) is 8.23. The highest BCUT2D eigenvalue weighted by atomic mass is 16.5. The van der Waals surface area contributed by atoms with Crippen molar-refractivity contribution in [1.29, 1.82) is 0 Å². The Bertz CT molecular complexity index is 193. The summed E-state index contributed by atoms with van der Waals surface area (Å²) in [6, 6.07) is 0. The topological polar surface area (TPSA) is 29.5 Å². The SMILES string of the molecule is CCCCCCCCC1(O)CCCCC1OC. The summed E-state index contributed by atoms with van der Waals surface area (Å²) >= 11 is 0. The third-order valence-electron chi connectivity index (χ3n) is 4.17. The Labute approximate surface area is 107 Å². The van der Waals surface area contributed by atoms with E-state index in [1.54, 1.807) is 7.11 Å². The minimum Gasteiger partial charge on any atom is -0.387 e. The Kier molecular flexibility index (Phi) is 7.14. The average Bonchev–Trinajstić information content (AvgIpc) is 2.34. The molecule has 0 aromatic heterocycles. The number of hydrogen-bond acceptors (Lipinski definition) is 2. The summed E-state index contributed by atoms with van der Waals surface area (Å²) in [6.07, 6.45) is 13.1. The van der Waals surface area contributed by atoms with Gasteiger partial charge in [0.05, 0.1) is 11.7 Å². The van der Waals surface area contributed by atoms with Gasteiger partial charge in [0.1, 0.15) is 0 Å². The smallest absolute Gasteiger partial charge is 0.0908 e. The molecule has 1 fully saturated rings. The second-order valence-electron chi connectivity index (χ2n) is 5.59. The van der Waals surface area contributed by atoms with Crippen LogP contribution in [0.15, 0.2) is 0 Å². The fraction of sp³-hybridized carbons (Fsp3) is 1.00. The fourth-order valence-corrected chi connectivity index (χ4v) is 3.03. The lowest BCUT2D eigenvalue weighted by Gasteiger charge is -2.39. The Balaban J connectivity index is 2.18. The molecule has 17 heavy (non-hydrogen) atoms. The molecule has 102 valence electrons. The predicted molar refractivity (Wildman–Crippen MR) is 72.2 cm³/mol. The lowest BCUT2D eigenvalue weighted by atomic mass is 9.78. The van der Waals surface area contributed by atoms with Gasteiger partial charge in [-0.25, -0.2) is 0 Å². The molecule has 2 heteroatoms. The van der Waals surface area contributed by atoms with Crippen LogP contribution in [0.5, 0.6) is 0 Å². The molecule has 0 bridgehead atoms. The van der Waals surface area contributed by atoms with E-state index in [1.807, 2.05) is 0 Å². The normalized spacial score (nSPS) is 29.5. The summed E-state index contributed by atoms with van der Waals surface area (Å²) in [7, 11) is 1.74. The zero-order chi connectivity index (χ0) is 12.6. The zero-order valence-corrected chi connectivity index (χ0v) is 11.7.